The van der Waals surface area contributed by atoms with Gasteiger partial charge in [0, 0.05) is 10.6 Å². The summed E-state index contributed by atoms with van der Waals surface area (Å²) in [7, 11) is 0. The lowest BCUT2D eigenvalue weighted by molar-refractivity contribution is -0.143. The Morgan fingerprint density at radius 3 is 2.66 bits per heavy atom. The van der Waals surface area contributed by atoms with Crippen LogP contribution in [-0.2, 0) is 16.1 Å². The van der Waals surface area contributed by atoms with Crippen LogP contribution in [0.4, 0.5) is 0 Å². The molecular weight excluding hydrogens is 398 g/mol. The topological polar surface area (TPSA) is 110 Å². The minimum Gasteiger partial charge on any atom is -0.494 e. The molecule has 0 radical (unpaired) electrons. The molecule has 0 aliphatic heterocycles. The zero-order valence-corrected chi connectivity index (χ0v) is 16.3. The van der Waals surface area contributed by atoms with E-state index in [9.17, 15) is 14.4 Å². The number of fused-ring (bicyclic) bond motifs is 1. The lowest BCUT2D eigenvalue weighted by Gasteiger charge is -2.08. The van der Waals surface area contributed by atoms with Crippen LogP contribution < -0.4 is 15.6 Å². The Labute approximate surface area is 170 Å². The van der Waals surface area contributed by atoms with Crippen molar-refractivity contribution in [3.63, 3.8) is 0 Å². The third-order valence-corrected chi connectivity index (χ3v) is 4.14. The fraction of sp³-hybridized carbons (Fsp3) is 0.200. The number of carbonyl (C=O) groups excluding carboxylic acids is 2. The Kier molecular flexibility index (Phi) is 6.46. The van der Waals surface area contributed by atoms with Crippen LogP contribution in [0.15, 0.2) is 47.3 Å². The number of hydrogen-bond acceptors (Lipinski definition) is 6. The second kappa shape index (κ2) is 9.20. The fourth-order valence-electron chi connectivity index (χ4n) is 2.55. The van der Waals surface area contributed by atoms with Gasteiger partial charge in [-0.25, -0.2) is 4.98 Å². The zero-order valence-electron chi connectivity index (χ0n) is 15.5. The van der Waals surface area contributed by atoms with E-state index >= 15 is 0 Å². The van der Waals surface area contributed by atoms with Gasteiger partial charge in [0.05, 0.1) is 17.5 Å². The van der Waals surface area contributed by atoms with Gasteiger partial charge in [0.2, 0.25) is 0 Å². The van der Waals surface area contributed by atoms with Crippen LogP contribution in [0.1, 0.15) is 23.1 Å². The van der Waals surface area contributed by atoms with E-state index in [1.165, 1.54) is 0 Å². The van der Waals surface area contributed by atoms with Crippen molar-refractivity contribution < 1.29 is 19.1 Å². The summed E-state index contributed by atoms with van der Waals surface area (Å²) in [6, 6.07) is 11.2. The first-order chi connectivity index (χ1) is 14.0. The highest BCUT2D eigenvalue weighted by Crippen LogP contribution is 2.15. The Balaban J connectivity index is 1.54. The van der Waals surface area contributed by atoms with Crippen molar-refractivity contribution in [3.8, 4) is 5.75 Å². The predicted octanol–water partition coefficient (Wildman–Crippen LogP) is 2.45. The number of ether oxygens (including phenoxy) is 2. The number of nitrogens with zero attached hydrogens (tertiary/aromatic N) is 1. The Hall–Kier alpha value is -3.39. The molecule has 1 aromatic heterocycles. The average molecular weight is 416 g/mol. The van der Waals surface area contributed by atoms with Crippen molar-refractivity contribution >= 4 is 34.4 Å². The van der Waals surface area contributed by atoms with Crippen LogP contribution in [0.25, 0.3) is 10.9 Å². The molecule has 3 rings (SSSR count). The van der Waals surface area contributed by atoms with Crippen LogP contribution in [0, 0.1) is 0 Å². The van der Waals surface area contributed by atoms with Crippen molar-refractivity contribution in [1.29, 1.82) is 0 Å². The maximum atomic E-state index is 12.1. The molecule has 0 bridgehead atoms. The summed E-state index contributed by atoms with van der Waals surface area (Å²) in [5.41, 5.74) is 0.427. The first-order valence-electron chi connectivity index (χ1n) is 8.81. The maximum absolute atomic E-state index is 12.1. The van der Waals surface area contributed by atoms with Crippen molar-refractivity contribution in [2.75, 3.05) is 13.2 Å². The van der Waals surface area contributed by atoms with Gasteiger partial charge in [0.15, 0.2) is 0 Å². The van der Waals surface area contributed by atoms with Gasteiger partial charge in [-0.15, -0.1) is 0 Å². The highest BCUT2D eigenvalue weighted by atomic mass is 35.5. The molecule has 150 valence electrons. The molecule has 0 saturated heterocycles. The van der Waals surface area contributed by atoms with Crippen molar-refractivity contribution in [2.45, 2.75) is 13.5 Å². The van der Waals surface area contributed by atoms with E-state index in [0.29, 0.717) is 33.8 Å². The SMILES string of the molecule is CCOc1ccc(C(=O)NCC(=O)OCc2nc3cc(Cl)ccc3c(=O)[nH]2)cc1. The molecule has 0 unspecified atom stereocenters. The molecule has 8 nitrogen and oxygen atoms in total. The summed E-state index contributed by atoms with van der Waals surface area (Å²) in [6.45, 7) is 1.83. The van der Waals surface area contributed by atoms with Crippen molar-refractivity contribution in [3.05, 3.63) is 69.2 Å². The second-order valence-corrected chi connectivity index (χ2v) is 6.41. The van der Waals surface area contributed by atoms with Crippen molar-refractivity contribution in [2.24, 2.45) is 0 Å². The quantitative estimate of drug-likeness (QED) is 0.573. The molecule has 0 saturated carbocycles. The van der Waals surface area contributed by atoms with E-state index in [0.717, 1.165) is 0 Å². The van der Waals surface area contributed by atoms with E-state index < -0.39 is 11.9 Å². The first kappa shape index (κ1) is 20.3. The molecule has 0 aliphatic rings. The summed E-state index contributed by atoms with van der Waals surface area (Å²) in [5, 5.41) is 3.29. The number of nitrogens with one attached hydrogen (secondary N) is 2. The maximum Gasteiger partial charge on any atom is 0.325 e. The number of carbonyl (C=O) groups is 2. The Morgan fingerprint density at radius 1 is 1.17 bits per heavy atom. The smallest absolute Gasteiger partial charge is 0.325 e. The third-order valence-electron chi connectivity index (χ3n) is 3.91. The van der Waals surface area contributed by atoms with Gasteiger partial charge in [-0.1, -0.05) is 11.6 Å². The monoisotopic (exact) mass is 415 g/mol. The number of rotatable bonds is 7. The first-order valence-corrected chi connectivity index (χ1v) is 9.19. The minimum atomic E-state index is -0.668. The summed E-state index contributed by atoms with van der Waals surface area (Å²) in [5.74, 6) is -0.257. The predicted molar refractivity (Wildman–Crippen MR) is 107 cm³/mol. The van der Waals surface area contributed by atoms with E-state index in [1.54, 1.807) is 42.5 Å². The molecule has 2 N–H and O–H groups in total. The molecule has 0 fully saturated rings. The van der Waals surface area contributed by atoms with Gasteiger partial charge in [0.1, 0.15) is 24.7 Å². The van der Waals surface area contributed by atoms with E-state index in [-0.39, 0.29) is 24.5 Å². The lowest BCUT2D eigenvalue weighted by Crippen LogP contribution is -2.30. The average Bonchev–Trinajstić information content (AvgIpc) is 2.71. The molecule has 29 heavy (non-hydrogen) atoms. The van der Waals surface area contributed by atoms with Gasteiger partial charge < -0.3 is 19.8 Å². The van der Waals surface area contributed by atoms with Gasteiger partial charge in [0.25, 0.3) is 11.5 Å². The molecule has 0 atom stereocenters. The standard InChI is InChI=1S/C20H18ClN3O5/c1-2-28-14-6-3-12(4-7-14)19(26)22-10-18(25)29-11-17-23-16-9-13(21)5-8-15(16)20(27)24-17/h3-9H,2,10-11H2,1H3,(H,22,26)(H,23,24,27). The fourth-order valence-corrected chi connectivity index (χ4v) is 2.72. The van der Waals surface area contributed by atoms with E-state index in [2.05, 4.69) is 15.3 Å². The number of aromatic amines is 1. The molecule has 0 aliphatic carbocycles. The third kappa shape index (κ3) is 5.32. The summed E-state index contributed by atoms with van der Waals surface area (Å²) in [6.07, 6.45) is 0. The molecular formula is C20H18ClN3O5. The van der Waals surface area contributed by atoms with Crippen LogP contribution >= 0.6 is 11.6 Å². The number of aromatic nitrogens is 2. The second-order valence-electron chi connectivity index (χ2n) is 5.97. The summed E-state index contributed by atoms with van der Waals surface area (Å²) >= 11 is 5.91. The number of hydrogen-bond donors (Lipinski definition) is 2. The lowest BCUT2D eigenvalue weighted by atomic mass is 10.2. The molecule has 3 aromatic rings. The number of H-pyrrole nitrogens is 1. The normalized spacial score (nSPS) is 10.6. The molecule has 1 amide bonds. The number of esters is 1. The minimum absolute atomic E-state index is 0.177. The highest BCUT2D eigenvalue weighted by Gasteiger charge is 2.11. The van der Waals surface area contributed by atoms with Crippen LogP contribution in [0.3, 0.4) is 0 Å². The van der Waals surface area contributed by atoms with Crippen LogP contribution in [-0.4, -0.2) is 35.0 Å². The number of amides is 1. The summed E-state index contributed by atoms with van der Waals surface area (Å²) < 4.78 is 10.4. The Morgan fingerprint density at radius 2 is 1.93 bits per heavy atom. The van der Waals surface area contributed by atoms with Crippen LogP contribution in [0.5, 0.6) is 5.75 Å². The molecule has 2 aromatic carbocycles. The number of halogens is 1. The number of benzene rings is 2. The molecule has 0 spiro atoms. The molecule has 9 heteroatoms. The van der Waals surface area contributed by atoms with Gasteiger partial charge in [-0.3, -0.25) is 14.4 Å². The molecule has 1 heterocycles. The van der Waals surface area contributed by atoms with Gasteiger partial charge >= 0.3 is 5.97 Å². The van der Waals surface area contributed by atoms with E-state index in [4.69, 9.17) is 21.1 Å². The van der Waals surface area contributed by atoms with Gasteiger partial charge in [-0.05, 0) is 49.4 Å². The van der Waals surface area contributed by atoms with E-state index in [1.807, 2.05) is 6.92 Å². The van der Waals surface area contributed by atoms with Crippen molar-refractivity contribution in [1.82, 2.24) is 15.3 Å². The largest absolute Gasteiger partial charge is 0.494 e. The highest BCUT2D eigenvalue weighted by molar-refractivity contribution is 6.31. The summed E-state index contributed by atoms with van der Waals surface area (Å²) in [4.78, 5) is 42.8. The Bertz CT molecular complexity index is 1100. The van der Waals surface area contributed by atoms with Crippen LogP contribution in [0.2, 0.25) is 5.02 Å². The van der Waals surface area contributed by atoms with Gasteiger partial charge in [-0.2, -0.15) is 0 Å². The zero-order chi connectivity index (χ0) is 20.8.